The van der Waals surface area contributed by atoms with Crippen LogP contribution in [0.4, 0.5) is 5.69 Å². The van der Waals surface area contributed by atoms with Gasteiger partial charge < -0.3 is 10.5 Å². The van der Waals surface area contributed by atoms with Crippen LogP contribution >= 0.6 is 0 Å². The first kappa shape index (κ1) is 9.65. The van der Waals surface area contributed by atoms with E-state index in [1.54, 1.807) is 0 Å². The molecule has 0 atom stereocenters. The van der Waals surface area contributed by atoms with Gasteiger partial charge in [0.1, 0.15) is 5.75 Å². The van der Waals surface area contributed by atoms with Crippen LogP contribution in [-0.2, 0) is 0 Å². The number of nitrogens with two attached hydrogens (primary N) is 1. The molecule has 0 fully saturated rings. The predicted octanol–water partition coefficient (Wildman–Crippen LogP) is 2.70. The Morgan fingerprint density at radius 3 is 2.85 bits per heavy atom. The van der Waals surface area contributed by atoms with Crippen LogP contribution in [0.3, 0.4) is 0 Å². The zero-order valence-electron chi connectivity index (χ0n) is 8.08. The first-order valence-corrected chi connectivity index (χ1v) is 4.43. The van der Waals surface area contributed by atoms with E-state index in [9.17, 15) is 0 Å². The molecule has 0 aliphatic rings. The number of hydrogen-bond donors (Lipinski definition) is 1. The molecule has 0 unspecified atom stereocenters. The molecule has 2 nitrogen and oxygen atoms in total. The van der Waals surface area contributed by atoms with Crippen molar-refractivity contribution >= 4 is 11.8 Å². The van der Waals surface area contributed by atoms with Crippen molar-refractivity contribution in [3.8, 4) is 5.75 Å². The van der Waals surface area contributed by atoms with Crippen LogP contribution in [0, 0.1) is 0 Å². The van der Waals surface area contributed by atoms with Crippen LogP contribution < -0.4 is 10.5 Å². The average molecular weight is 177 g/mol. The van der Waals surface area contributed by atoms with Crippen molar-refractivity contribution in [3.63, 3.8) is 0 Å². The highest BCUT2D eigenvalue weighted by atomic mass is 16.5. The molecule has 1 aromatic rings. The highest BCUT2D eigenvalue weighted by molar-refractivity contribution is 5.70. The molecule has 1 rings (SSSR count). The molecular formula is C11H15NO. The number of nitrogen functional groups attached to an aromatic ring is 1. The van der Waals surface area contributed by atoms with E-state index in [0.29, 0.717) is 6.61 Å². The molecule has 0 spiro atoms. The molecule has 0 aliphatic carbocycles. The molecule has 0 aromatic heterocycles. The van der Waals surface area contributed by atoms with Gasteiger partial charge in [0.25, 0.3) is 0 Å². The van der Waals surface area contributed by atoms with E-state index in [4.69, 9.17) is 10.5 Å². The fourth-order valence-electron chi connectivity index (χ4n) is 1.19. The number of hydrogen-bond acceptors (Lipinski definition) is 2. The number of benzene rings is 1. The molecule has 0 saturated heterocycles. The van der Waals surface area contributed by atoms with Gasteiger partial charge in [-0.2, -0.15) is 0 Å². The normalized spacial score (nSPS) is 10.6. The number of allylic oxidation sites excluding steroid dienone is 1. The van der Waals surface area contributed by atoms with Gasteiger partial charge in [-0.15, -0.1) is 0 Å². The standard InChI is InChI=1S/C11H15NO/c1-3-6-9-10(12)7-5-8-11(9)13-4-2/h3,5-8H,4,12H2,1-2H3. The topological polar surface area (TPSA) is 35.2 Å². The maximum absolute atomic E-state index is 5.81. The van der Waals surface area contributed by atoms with Gasteiger partial charge in [-0.25, -0.2) is 0 Å². The van der Waals surface area contributed by atoms with E-state index < -0.39 is 0 Å². The summed E-state index contributed by atoms with van der Waals surface area (Å²) in [5, 5.41) is 0. The second kappa shape index (κ2) is 4.55. The molecule has 0 radical (unpaired) electrons. The van der Waals surface area contributed by atoms with Gasteiger partial charge in [0.2, 0.25) is 0 Å². The van der Waals surface area contributed by atoms with E-state index in [-0.39, 0.29) is 0 Å². The van der Waals surface area contributed by atoms with Crippen LogP contribution in [0.5, 0.6) is 5.75 Å². The molecule has 0 saturated carbocycles. The molecule has 0 aliphatic heterocycles. The Balaban J connectivity index is 3.09. The first-order valence-electron chi connectivity index (χ1n) is 4.43. The Labute approximate surface area is 79.0 Å². The summed E-state index contributed by atoms with van der Waals surface area (Å²) in [6, 6.07) is 5.69. The largest absolute Gasteiger partial charge is 0.493 e. The van der Waals surface area contributed by atoms with Crippen molar-refractivity contribution in [3.05, 3.63) is 29.8 Å². The van der Waals surface area contributed by atoms with Gasteiger partial charge in [-0.3, -0.25) is 0 Å². The second-order valence-electron chi connectivity index (χ2n) is 2.69. The van der Waals surface area contributed by atoms with E-state index in [1.165, 1.54) is 0 Å². The minimum atomic E-state index is 0.661. The first-order chi connectivity index (χ1) is 6.29. The van der Waals surface area contributed by atoms with Gasteiger partial charge >= 0.3 is 0 Å². The Kier molecular flexibility index (Phi) is 3.38. The van der Waals surface area contributed by atoms with Crippen LogP contribution in [0.15, 0.2) is 24.3 Å². The van der Waals surface area contributed by atoms with Gasteiger partial charge in [0.05, 0.1) is 6.61 Å². The Bertz CT molecular complexity index is 305. The van der Waals surface area contributed by atoms with Gasteiger partial charge in [-0.1, -0.05) is 18.2 Å². The van der Waals surface area contributed by atoms with Gasteiger partial charge in [-0.05, 0) is 26.0 Å². The smallest absolute Gasteiger partial charge is 0.128 e. The molecule has 2 N–H and O–H groups in total. The molecular weight excluding hydrogens is 162 g/mol. The molecule has 2 heteroatoms. The van der Waals surface area contributed by atoms with E-state index in [1.807, 2.05) is 44.2 Å². The summed E-state index contributed by atoms with van der Waals surface area (Å²) < 4.78 is 5.44. The summed E-state index contributed by atoms with van der Waals surface area (Å²) in [6.45, 7) is 4.58. The summed E-state index contributed by atoms with van der Waals surface area (Å²) in [6.07, 6.45) is 3.91. The van der Waals surface area contributed by atoms with Crippen LogP contribution in [-0.4, -0.2) is 6.61 Å². The quantitative estimate of drug-likeness (QED) is 0.720. The summed E-state index contributed by atoms with van der Waals surface area (Å²) >= 11 is 0. The van der Waals surface area contributed by atoms with Crippen LogP contribution in [0.2, 0.25) is 0 Å². The fourth-order valence-corrected chi connectivity index (χ4v) is 1.19. The molecule has 0 bridgehead atoms. The van der Waals surface area contributed by atoms with Crippen molar-refractivity contribution in [2.45, 2.75) is 13.8 Å². The third-order valence-corrected chi connectivity index (χ3v) is 1.73. The Morgan fingerprint density at radius 1 is 1.46 bits per heavy atom. The number of anilines is 1. The van der Waals surface area contributed by atoms with Crippen molar-refractivity contribution < 1.29 is 4.74 Å². The Morgan fingerprint density at radius 2 is 2.23 bits per heavy atom. The molecule has 0 heterocycles. The van der Waals surface area contributed by atoms with E-state index in [0.717, 1.165) is 17.0 Å². The summed E-state index contributed by atoms with van der Waals surface area (Å²) in [5.74, 6) is 0.848. The van der Waals surface area contributed by atoms with Crippen molar-refractivity contribution in [1.82, 2.24) is 0 Å². The minimum absolute atomic E-state index is 0.661. The minimum Gasteiger partial charge on any atom is -0.493 e. The lowest BCUT2D eigenvalue weighted by atomic mass is 10.1. The van der Waals surface area contributed by atoms with E-state index in [2.05, 4.69) is 0 Å². The van der Waals surface area contributed by atoms with Crippen molar-refractivity contribution in [1.29, 1.82) is 0 Å². The monoisotopic (exact) mass is 177 g/mol. The number of ether oxygens (including phenoxy) is 1. The second-order valence-corrected chi connectivity index (χ2v) is 2.69. The number of rotatable bonds is 3. The van der Waals surface area contributed by atoms with E-state index >= 15 is 0 Å². The summed E-state index contributed by atoms with van der Waals surface area (Å²) in [7, 11) is 0. The summed E-state index contributed by atoms with van der Waals surface area (Å²) in [5.41, 5.74) is 7.52. The van der Waals surface area contributed by atoms with Crippen molar-refractivity contribution in [2.75, 3.05) is 12.3 Å². The highest BCUT2D eigenvalue weighted by Gasteiger charge is 2.02. The molecule has 70 valence electrons. The predicted molar refractivity (Wildman–Crippen MR) is 56.7 cm³/mol. The SMILES string of the molecule is CC=Cc1c(N)cccc1OCC. The zero-order chi connectivity index (χ0) is 9.68. The summed E-state index contributed by atoms with van der Waals surface area (Å²) in [4.78, 5) is 0. The lowest BCUT2D eigenvalue weighted by Crippen LogP contribution is -1.97. The van der Waals surface area contributed by atoms with Crippen LogP contribution in [0.1, 0.15) is 19.4 Å². The fraction of sp³-hybridized carbons (Fsp3) is 0.273. The average Bonchev–Trinajstić information content (AvgIpc) is 2.11. The Hall–Kier alpha value is -1.44. The highest BCUT2D eigenvalue weighted by Crippen LogP contribution is 2.25. The lowest BCUT2D eigenvalue weighted by Gasteiger charge is -2.08. The zero-order valence-corrected chi connectivity index (χ0v) is 8.08. The van der Waals surface area contributed by atoms with Gasteiger partial charge in [0, 0.05) is 11.3 Å². The molecule has 0 amide bonds. The van der Waals surface area contributed by atoms with Crippen molar-refractivity contribution in [2.24, 2.45) is 0 Å². The maximum atomic E-state index is 5.81. The molecule has 13 heavy (non-hydrogen) atoms. The van der Waals surface area contributed by atoms with Gasteiger partial charge in [0.15, 0.2) is 0 Å². The van der Waals surface area contributed by atoms with Crippen LogP contribution in [0.25, 0.3) is 6.08 Å². The maximum Gasteiger partial charge on any atom is 0.128 e. The third kappa shape index (κ3) is 2.25. The third-order valence-electron chi connectivity index (χ3n) is 1.73. The molecule has 1 aromatic carbocycles. The lowest BCUT2D eigenvalue weighted by molar-refractivity contribution is 0.340.